The van der Waals surface area contributed by atoms with Crippen LogP contribution in [-0.4, -0.2) is 23.5 Å². The maximum absolute atomic E-state index is 12.9. The Labute approximate surface area is 189 Å². The van der Waals surface area contributed by atoms with Gasteiger partial charge in [0, 0.05) is 21.4 Å². The molecule has 9 heteroatoms. The van der Waals surface area contributed by atoms with Gasteiger partial charge in [-0.25, -0.2) is 14.8 Å². The molecule has 0 aliphatic rings. The number of fused-ring (bicyclic) bond motifs is 1. The Balaban J connectivity index is 1.78. The van der Waals surface area contributed by atoms with Crippen molar-refractivity contribution in [2.45, 2.75) is 6.92 Å². The van der Waals surface area contributed by atoms with Gasteiger partial charge in [-0.05, 0) is 55.5 Å². The predicted octanol–water partition coefficient (Wildman–Crippen LogP) is 5.31. The summed E-state index contributed by atoms with van der Waals surface area (Å²) in [6.45, 7) is 2.05. The number of nitrogens with one attached hydrogen (secondary N) is 1. The molecule has 7 nitrogen and oxygen atoms in total. The first-order valence-corrected chi connectivity index (χ1v) is 11.0. The number of rotatable bonds is 5. The van der Waals surface area contributed by atoms with Crippen molar-refractivity contribution in [2.24, 2.45) is 4.99 Å². The fourth-order valence-electron chi connectivity index (χ4n) is 2.80. The molecule has 0 aliphatic carbocycles. The van der Waals surface area contributed by atoms with Crippen LogP contribution in [0.15, 0.2) is 74.0 Å². The molecule has 31 heavy (non-hydrogen) atoms. The summed E-state index contributed by atoms with van der Waals surface area (Å²) < 4.78 is 11.8. The number of thiazole rings is 1. The van der Waals surface area contributed by atoms with E-state index in [4.69, 9.17) is 9.15 Å². The van der Waals surface area contributed by atoms with E-state index < -0.39 is 5.97 Å². The van der Waals surface area contributed by atoms with Crippen LogP contribution in [0.4, 0.5) is 10.8 Å². The molecule has 0 unspecified atom stereocenters. The predicted molar refractivity (Wildman–Crippen MR) is 122 cm³/mol. The minimum Gasteiger partial charge on any atom is -0.462 e. The highest BCUT2D eigenvalue weighted by Gasteiger charge is 2.15. The average Bonchev–Trinajstić information content (AvgIpc) is 3.27. The summed E-state index contributed by atoms with van der Waals surface area (Å²) in [4.78, 5) is 33.4. The SMILES string of the molecule is CCOC(=O)c1ccc(N=c2oc3ccc(Br)cc3cc2C(=O)Nc2nccs2)cc1. The van der Waals surface area contributed by atoms with E-state index in [2.05, 4.69) is 31.2 Å². The lowest BCUT2D eigenvalue weighted by atomic mass is 10.1. The molecule has 0 saturated carbocycles. The maximum atomic E-state index is 12.9. The van der Waals surface area contributed by atoms with Crippen LogP contribution in [0.5, 0.6) is 0 Å². The number of aromatic nitrogens is 1. The minimum atomic E-state index is -0.404. The number of esters is 1. The van der Waals surface area contributed by atoms with Crippen LogP contribution in [-0.2, 0) is 4.74 Å². The van der Waals surface area contributed by atoms with Crippen molar-refractivity contribution in [3.63, 3.8) is 0 Å². The van der Waals surface area contributed by atoms with E-state index in [1.807, 2.05) is 12.1 Å². The monoisotopic (exact) mass is 497 g/mol. The number of amides is 1. The van der Waals surface area contributed by atoms with Gasteiger partial charge in [-0.15, -0.1) is 11.3 Å². The van der Waals surface area contributed by atoms with Gasteiger partial charge in [0.1, 0.15) is 11.1 Å². The Kier molecular flexibility index (Phi) is 6.24. The molecule has 0 fully saturated rings. The number of carbonyl (C=O) groups is 2. The van der Waals surface area contributed by atoms with Gasteiger partial charge in [-0.1, -0.05) is 15.9 Å². The molecular formula is C22H16BrN3O4S. The van der Waals surface area contributed by atoms with E-state index in [1.165, 1.54) is 11.3 Å². The van der Waals surface area contributed by atoms with Crippen molar-refractivity contribution in [1.29, 1.82) is 0 Å². The van der Waals surface area contributed by atoms with Crippen LogP contribution >= 0.6 is 27.3 Å². The van der Waals surface area contributed by atoms with Gasteiger partial charge in [-0.2, -0.15) is 0 Å². The summed E-state index contributed by atoms with van der Waals surface area (Å²) in [5.74, 6) is -0.791. The largest absolute Gasteiger partial charge is 0.462 e. The van der Waals surface area contributed by atoms with Crippen LogP contribution in [0.1, 0.15) is 27.6 Å². The molecule has 2 heterocycles. The molecule has 0 spiro atoms. The van der Waals surface area contributed by atoms with E-state index in [0.717, 1.165) is 9.86 Å². The fourth-order valence-corrected chi connectivity index (χ4v) is 3.70. The van der Waals surface area contributed by atoms with Gasteiger partial charge in [0.15, 0.2) is 5.13 Å². The summed E-state index contributed by atoms with van der Waals surface area (Å²) >= 11 is 4.75. The Morgan fingerprint density at radius 3 is 2.71 bits per heavy atom. The molecule has 156 valence electrons. The number of ether oxygens (including phenoxy) is 1. The van der Waals surface area contributed by atoms with Crippen LogP contribution < -0.4 is 10.9 Å². The third-order valence-corrected chi connectivity index (χ3v) is 5.40. The van der Waals surface area contributed by atoms with E-state index in [0.29, 0.717) is 28.6 Å². The second kappa shape index (κ2) is 9.23. The van der Waals surface area contributed by atoms with Gasteiger partial charge >= 0.3 is 5.97 Å². The van der Waals surface area contributed by atoms with Crippen LogP contribution in [0.3, 0.4) is 0 Å². The minimum absolute atomic E-state index is 0.146. The summed E-state index contributed by atoms with van der Waals surface area (Å²) in [6.07, 6.45) is 1.61. The van der Waals surface area contributed by atoms with E-state index in [1.54, 1.807) is 54.9 Å². The van der Waals surface area contributed by atoms with Gasteiger partial charge in [0.25, 0.3) is 5.91 Å². The van der Waals surface area contributed by atoms with E-state index >= 15 is 0 Å². The van der Waals surface area contributed by atoms with Gasteiger partial charge in [0.2, 0.25) is 5.55 Å². The zero-order valence-corrected chi connectivity index (χ0v) is 18.7. The summed E-state index contributed by atoms with van der Waals surface area (Å²) in [5, 5.41) is 5.75. The second-order valence-corrected chi connectivity index (χ2v) is 8.13. The molecule has 0 saturated heterocycles. The lowest BCUT2D eigenvalue weighted by Crippen LogP contribution is -2.21. The highest BCUT2D eigenvalue weighted by atomic mass is 79.9. The molecule has 0 aliphatic heterocycles. The summed E-state index contributed by atoms with van der Waals surface area (Å²) in [6, 6.07) is 13.8. The molecule has 4 rings (SSSR count). The third kappa shape index (κ3) is 4.89. The first-order chi connectivity index (χ1) is 15.0. The lowest BCUT2D eigenvalue weighted by molar-refractivity contribution is 0.0526. The number of hydrogen-bond donors (Lipinski definition) is 1. The molecule has 0 radical (unpaired) electrons. The molecule has 0 atom stereocenters. The first-order valence-electron chi connectivity index (χ1n) is 9.29. The number of carbonyl (C=O) groups excluding carboxylic acids is 2. The van der Waals surface area contributed by atoms with Crippen molar-refractivity contribution < 1.29 is 18.7 Å². The molecule has 0 bridgehead atoms. The standard InChI is InChI=1S/C22H16BrN3O4S/c1-2-29-21(28)13-3-6-16(7-4-13)25-20-17(19(27)26-22-24-9-10-31-22)12-14-11-15(23)5-8-18(14)30-20/h3-12H,2H2,1H3,(H,24,26,27). The number of halogens is 1. The van der Waals surface area contributed by atoms with Crippen molar-refractivity contribution in [3.8, 4) is 0 Å². The van der Waals surface area contributed by atoms with Gasteiger partial charge in [-0.3, -0.25) is 10.1 Å². The normalized spacial score (nSPS) is 11.5. The molecule has 2 aromatic carbocycles. The van der Waals surface area contributed by atoms with Crippen LogP contribution in [0.2, 0.25) is 0 Å². The summed E-state index contributed by atoms with van der Waals surface area (Å²) in [7, 11) is 0. The molecule has 2 aromatic heterocycles. The molecular weight excluding hydrogens is 482 g/mol. The van der Waals surface area contributed by atoms with E-state index in [9.17, 15) is 9.59 Å². The molecule has 1 amide bonds. The number of nitrogens with zero attached hydrogens (tertiary/aromatic N) is 2. The quantitative estimate of drug-likeness (QED) is 0.377. The summed E-state index contributed by atoms with van der Waals surface area (Å²) in [5.41, 5.74) is 1.93. The van der Waals surface area contributed by atoms with Crippen molar-refractivity contribution in [1.82, 2.24) is 4.98 Å². The van der Waals surface area contributed by atoms with Gasteiger partial charge < -0.3 is 9.15 Å². The Hall–Kier alpha value is -3.30. The number of anilines is 1. The van der Waals surface area contributed by atoms with Crippen molar-refractivity contribution in [3.05, 3.63) is 81.3 Å². The highest BCUT2D eigenvalue weighted by molar-refractivity contribution is 9.10. The van der Waals surface area contributed by atoms with Crippen molar-refractivity contribution >= 4 is 60.9 Å². The first kappa shape index (κ1) is 21.0. The zero-order valence-electron chi connectivity index (χ0n) is 16.3. The van der Waals surface area contributed by atoms with Crippen LogP contribution in [0.25, 0.3) is 11.0 Å². The van der Waals surface area contributed by atoms with Crippen molar-refractivity contribution in [2.75, 3.05) is 11.9 Å². The average molecular weight is 498 g/mol. The third-order valence-electron chi connectivity index (χ3n) is 4.22. The Bertz CT molecular complexity index is 1320. The molecule has 4 aromatic rings. The van der Waals surface area contributed by atoms with Gasteiger partial charge in [0.05, 0.1) is 17.9 Å². The lowest BCUT2D eigenvalue weighted by Gasteiger charge is -2.06. The number of hydrogen-bond acceptors (Lipinski definition) is 7. The Morgan fingerprint density at radius 1 is 1.19 bits per heavy atom. The highest BCUT2D eigenvalue weighted by Crippen LogP contribution is 2.21. The maximum Gasteiger partial charge on any atom is 0.338 e. The van der Waals surface area contributed by atoms with Crippen LogP contribution in [0, 0.1) is 0 Å². The Morgan fingerprint density at radius 2 is 2.00 bits per heavy atom. The number of benzene rings is 2. The molecule has 1 N–H and O–H groups in total. The zero-order chi connectivity index (χ0) is 21.8. The smallest absolute Gasteiger partial charge is 0.338 e. The second-order valence-electron chi connectivity index (χ2n) is 6.32. The van der Waals surface area contributed by atoms with E-state index in [-0.39, 0.29) is 17.0 Å². The fraction of sp³-hybridized carbons (Fsp3) is 0.0909. The topological polar surface area (TPSA) is 93.8 Å².